The molecule has 0 radical (unpaired) electrons. The van der Waals surface area contributed by atoms with Gasteiger partial charge in [0.05, 0.1) is 13.2 Å². The van der Waals surface area contributed by atoms with Gasteiger partial charge in [0.2, 0.25) is 0 Å². The summed E-state index contributed by atoms with van der Waals surface area (Å²) in [5, 5.41) is 0. The van der Waals surface area contributed by atoms with Gasteiger partial charge >= 0.3 is 0 Å². The molecule has 0 unspecified atom stereocenters. The Labute approximate surface area is 119 Å². The second kappa shape index (κ2) is 7.87. The Morgan fingerprint density at radius 3 is 2.37 bits per heavy atom. The van der Waals surface area contributed by atoms with Gasteiger partial charge in [-0.15, -0.1) is 0 Å². The van der Waals surface area contributed by atoms with Crippen molar-refractivity contribution in [1.29, 1.82) is 0 Å². The highest BCUT2D eigenvalue weighted by Gasteiger charge is 1.97. The van der Waals surface area contributed by atoms with E-state index in [1.807, 2.05) is 54.6 Å². The highest BCUT2D eigenvalue weighted by Crippen LogP contribution is 2.21. The monoisotopic (exact) mass is 274 g/mol. The molecule has 0 fully saturated rings. The smallest absolute Gasteiger partial charge is 0.119 e. The molecule has 2 rings (SSSR count). The quantitative estimate of drug-likeness (QED) is 0.682. The molecule has 0 spiro atoms. The minimum absolute atomic E-state index is 0.591. The summed E-state index contributed by atoms with van der Waals surface area (Å²) in [5.41, 5.74) is 1.15. The van der Waals surface area contributed by atoms with Crippen molar-refractivity contribution in [3.05, 3.63) is 60.2 Å². The van der Waals surface area contributed by atoms with Gasteiger partial charge in [-0.3, -0.25) is 0 Å². The Kier molecular flexibility index (Phi) is 5.79. The summed E-state index contributed by atoms with van der Waals surface area (Å²) in [6, 6.07) is 18.1. The molecule has 3 heteroatoms. The summed E-state index contributed by atoms with van der Waals surface area (Å²) in [6.07, 6.45) is 1.03. The molecule has 0 atom stereocenters. The fraction of sp³-hybridized carbons (Fsp3) is 0.250. The summed E-state index contributed by atoms with van der Waals surface area (Å²) in [5.74, 6) is 0.918. The molecule has 0 aliphatic rings. The lowest BCUT2D eigenvalue weighted by Crippen LogP contribution is -1.95. The standard InChI is InChI=1S/C16H18O2S/c1-2-12-17-15-10-8-14(9-11-15)13-18-19-16-6-4-3-5-7-16/h3-11H,2,12-13H2,1H3. The van der Waals surface area contributed by atoms with Gasteiger partial charge in [-0.25, -0.2) is 0 Å². The van der Waals surface area contributed by atoms with Crippen LogP contribution in [0.5, 0.6) is 5.75 Å². The SMILES string of the molecule is CCCOc1ccc(COSc2ccccc2)cc1. The maximum absolute atomic E-state index is 5.60. The average Bonchev–Trinajstić information content (AvgIpc) is 2.47. The number of benzene rings is 2. The minimum atomic E-state index is 0.591. The van der Waals surface area contributed by atoms with Crippen LogP contribution in [-0.2, 0) is 10.8 Å². The van der Waals surface area contributed by atoms with Crippen molar-refractivity contribution >= 4 is 12.0 Å². The first-order chi connectivity index (χ1) is 9.38. The van der Waals surface area contributed by atoms with Crippen LogP contribution in [0.4, 0.5) is 0 Å². The molecule has 0 saturated carbocycles. The molecule has 0 amide bonds. The van der Waals surface area contributed by atoms with Crippen LogP contribution in [0, 0.1) is 0 Å². The lowest BCUT2D eigenvalue weighted by atomic mass is 10.2. The molecule has 2 nitrogen and oxygen atoms in total. The summed E-state index contributed by atoms with van der Waals surface area (Å²) < 4.78 is 11.1. The zero-order chi connectivity index (χ0) is 13.3. The van der Waals surface area contributed by atoms with Crippen LogP contribution in [-0.4, -0.2) is 6.61 Å². The highest BCUT2D eigenvalue weighted by molar-refractivity contribution is 7.94. The third-order valence-corrected chi connectivity index (χ3v) is 3.22. The first-order valence-corrected chi connectivity index (χ1v) is 7.19. The normalized spacial score (nSPS) is 10.4. The van der Waals surface area contributed by atoms with E-state index in [4.69, 9.17) is 8.92 Å². The zero-order valence-electron chi connectivity index (χ0n) is 11.0. The van der Waals surface area contributed by atoms with E-state index in [-0.39, 0.29) is 0 Å². The van der Waals surface area contributed by atoms with Gasteiger partial charge in [0.1, 0.15) is 5.75 Å². The lowest BCUT2D eigenvalue weighted by Gasteiger charge is -2.06. The van der Waals surface area contributed by atoms with Gasteiger partial charge in [0.15, 0.2) is 0 Å². The zero-order valence-corrected chi connectivity index (χ0v) is 11.9. The highest BCUT2D eigenvalue weighted by atomic mass is 32.2. The van der Waals surface area contributed by atoms with Gasteiger partial charge in [0.25, 0.3) is 0 Å². The first kappa shape index (κ1) is 14.0. The second-order valence-corrected chi connectivity index (χ2v) is 5.02. The summed E-state index contributed by atoms with van der Waals surface area (Å²) in [7, 11) is 0. The number of rotatable bonds is 7. The van der Waals surface area contributed by atoms with Crippen LogP contribution < -0.4 is 4.74 Å². The van der Waals surface area contributed by atoms with E-state index in [1.54, 1.807) is 0 Å². The van der Waals surface area contributed by atoms with Gasteiger partial charge in [-0.1, -0.05) is 37.3 Å². The third kappa shape index (κ3) is 4.97. The molecular formula is C16H18O2S. The second-order valence-electron chi connectivity index (χ2n) is 4.15. The fourth-order valence-electron chi connectivity index (χ4n) is 1.54. The summed E-state index contributed by atoms with van der Waals surface area (Å²) in [6.45, 7) is 3.45. The molecule has 0 aromatic heterocycles. The van der Waals surface area contributed by atoms with E-state index in [9.17, 15) is 0 Å². The minimum Gasteiger partial charge on any atom is -0.494 e. The van der Waals surface area contributed by atoms with E-state index in [2.05, 4.69) is 6.92 Å². The lowest BCUT2D eigenvalue weighted by molar-refractivity contribution is 0.316. The summed E-state index contributed by atoms with van der Waals surface area (Å²) >= 11 is 1.40. The Morgan fingerprint density at radius 2 is 1.68 bits per heavy atom. The average molecular weight is 274 g/mol. The van der Waals surface area contributed by atoms with Crippen molar-refractivity contribution in [3.8, 4) is 5.75 Å². The molecule has 0 N–H and O–H groups in total. The van der Waals surface area contributed by atoms with Crippen LogP contribution in [0.15, 0.2) is 59.5 Å². The Bertz CT molecular complexity index is 468. The van der Waals surface area contributed by atoms with Crippen molar-refractivity contribution in [2.45, 2.75) is 24.8 Å². The van der Waals surface area contributed by atoms with Crippen LogP contribution in [0.3, 0.4) is 0 Å². The van der Waals surface area contributed by atoms with Crippen molar-refractivity contribution in [2.75, 3.05) is 6.61 Å². The largest absolute Gasteiger partial charge is 0.494 e. The Balaban J connectivity index is 1.77. The van der Waals surface area contributed by atoms with Crippen molar-refractivity contribution < 1.29 is 8.92 Å². The molecule has 0 aliphatic carbocycles. The molecule has 19 heavy (non-hydrogen) atoms. The fourth-order valence-corrected chi connectivity index (χ4v) is 2.14. The first-order valence-electron chi connectivity index (χ1n) is 6.44. The predicted molar refractivity (Wildman–Crippen MR) is 79.3 cm³/mol. The Morgan fingerprint density at radius 1 is 0.947 bits per heavy atom. The van der Waals surface area contributed by atoms with E-state index >= 15 is 0 Å². The van der Waals surface area contributed by atoms with Crippen LogP contribution in [0.1, 0.15) is 18.9 Å². The van der Waals surface area contributed by atoms with Crippen LogP contribution in [0.2, 0.25) is 0 Å². The molecule has 0 heterocycles. The van der Waals surface area contributed by atoms with Gasteiger partial charge < -0.3 is 8.92 Å². The van der Waals surface area contributed by atoms with Gasteiger partial charge in [0, 0.05) is 16.9 Å². The molecule has 100 valence electrons. The topological polar surface area (TPSA) is 18.5 Å². The van der Waals surface area contributed by atoms with Crippen LogP contribution >= 0.6 is 12.0 Å². The molecule has 0 aliphatic heterocycles. The number of hydrogen-bond donors (Lipinski definition) is 0. The maximum atomic E-state index is 5.60. The molecular weight excluding hydrogens is 256 g/mol. The van der Waals surface area contributed by atoms with Crippen molar-refractivity contribution in [2.24, 2.45) is 0 Å². The van der Waals surface area contributed by atoms with Crippen molar-refractivity contribution in [3.63, 3.8) is 0 Å². The van der Waals surface area contributed by atoms with Gasteiger partial charge in [-0.05, 0) is 36.2 Å². The maximum Gasteiger partial charge on any atom is 0.119 e. The molecule has 0 saturated heterocycles. The number of ether oxygens (including phenoxy) is 1. The third-order valence-electron chi connectivity index (χ3n) is 2.52. The van der Waals surface area contributed by atoms with E-state index < -0.39 is 0 Å². The van der Waals surface area contributed by atoms with E-state index in [1.165, 1.54) is 12.0 Å². The van der Waals surface area contributed by atoms with E-state index in [0.29, 0.717) is 6.61 Å². The predicted octanol–water partition coefficient (Wildman–Crippen LogP) is 4.70. The Hall–Kier alpha value is -1.45. The van der Waals surface area contributed by atoms with Crippen molar-refractivity contribution in [1.82, 2.24) is 0 Å². The molecule has 2 aromatic rings. The summed E-state index contributed by atoms with van der Waals surface area (Å²) in [4.78, 5) is 1.12. The molecule has 0 bridgehead atoms. The molecule has 2 aromatic carbocycles. The van der Waals surface area contributed by atoms with Crippen LogP contribution in [0.25, 0.3) is 0 Å². The number of hydrogen-bond acceptors (Lipinski definition) is 3. The van der Waals surface area contributed by atoms with E-state index in [0.717, 1.165) is 29.2 Å². The van der Waals surface area contributed by atoms with Gasteiger partial charge in [-0.2, -0.15) is 0 Å².